The number of sulfonamides is 1. The first-order chi connectivity index (χ1) is 14.0. The second-order valence-electron chi connectivity index (χ2n) is 6.21. The first kappa shape index (κ1) is 23.5. The Bertz CT molecular complexity index is 1120. The van der Waals surface area contributed by atoms with Crippen molar-refractivity contribution in [2.75, 3.05) is 23.1 Å². The Balaban J connectivity index is 2.06. The third kappa shape index (κ3) is 6.66. The van der Waals surface area contributed by atoms with Crippen LogP contribution in [0.5, 0.6) is 0 Å². The lowest BCUT2D eigenvalue weighted by molar-refractivity contribution is -0.111. The summed E-state index contributed by atoms with van der Waals surface area (Å²) in [5.41, 5.74) is 1.23. The number of anilines is 2. The number of amides is 1. The fraction of sp³-hybridized carbons (Fsp3) is 0.211. The summed E-state index contributed by atoms with van der Waals surface area (Å²) < 4.78 is 50.6. The van der Waals surface area contributed by atoms with Crippen molar-refractivity contribution in [1.82, 2.24) is 4.31 Å². The number of hydrogen-bond donors (Lipinski definition) is 3. The molecule has 0 unspecified atom stereocenters. The number of hydrogen-bond acceptors (Lipinski definition) is 5. The predicted octanol–water partition coefficient (Wildman–Crippen LogP) is 1.98. The number of rotatable bonds is 9. The van der Waals surface area contributed by atoms with Crippen molar-refractivity contribution in [2.45, 2.75) is 18.7 Å². The standard InChI is InChI=1S/C19H24N4O5S2/c1-3-23(4-2)29(25,26)18-11-8-15(9-12-18)10-13-19(24)21-16-6-5-7-17(14-16)22-30(20,27)28/h5-14,22H,3-4H2,1-2H3,(H,21,24)(H2,20,27,28). The number of carbonyl (C=O) groups is 1. The van der Waals surface area contributed by atoms with Gasteiger partial charge in [-0.25, -0.2) is 13.6 Å². The van der Waals surface area contributed by atoms with E-state index in [0.29, 0.717) is 24.3 Å². The third-order valence-electron chi connectivity index (χ3n) is 4.04. The van der Waals surface area contributed by atoms with E-state index < -0.39 is 26.1 Å². The Morgan fingerprint density at radius 2 is 1.60 bits per heavy atom. The minimum Gasteiger partial charge on any atom is -0.322 e. The van der Waals surface area contributed by atoms with Gasteiger partial charge in [-0.15, -0.1) is 0 Å². The molecule has 0 aliphatic rings. The van der Waals surface area contributed by atoms with E-state index in [-0.39, 0.29) is 10.6 Å². The summed E-state index contributed by atoms with van der Waals surface area (Å²) in [5, 5.41) is 7.52. The largest absolute Gasteiger partial charge is 0.322 e. The van der Waals surface area contributed by atoms with Gasteiger partial charge in [-0.1, -0.05) is 32.0 Å². The van der Waals surface area contributed by atoms with E-state index in [1.54, 1.807) is 38.1 Å². The molecule has 11 heteroatoms. The lowest BCUT2D eigenvalue weighted by atomic mass is 10.2. The first-order valence-corrected chi connectivity index (χ1v) is 12.0. The van der Waals surface area contributed by atoms with E-state index in [1.165, 1.54) is 40.7 Å². The lowest BCUT2D eigenvalue weighted by Gasteiger charge is -2.18. The zero-order valence-electron chi connectivity index (χ0n) is 16.6. The van der Waals surface area contributed by atoms with Crippen molar-refractivity contribution in [3.8, 4) is 0 Å². The van der Waals surface area contributed by atoms with E-state index in [1.807, 2.05) is 0 Å². The molecule has 2 rings (SSSR count). The molecule has 0 saturated carbocycles. The number of carbonyl (C=O) groups excluding carboxylic acids is 1. The van der Waals surface area contributed by atoms with Crippen molar-refractivity contribution in [3.63, 3.8) is 0 Å². The summed E-state index contributed by atoms with van der Waals surface area (Å²) in [6.45, 7) is 4.32. The molecule has 0 aromatic heterocycles. The molecule has 0 aliphatic carbocycles. The SMILES string of the molecule is CCN(CC)S(=O)(=O)c1ccc(C=CC(=O)Nc2cccc(NS(N)(=O)=O)c2)cc1. The summed E-state index contributed by atoms with van der Waals surface area (Å²) >= 11 is 0. The maximum Gasteiger partial charge on any atom is 0.296 e. The molecule has 2 aromatic rings. The van der Waals surface area contributed by atoms with Gasteiger partial charge in [0.05, 0.1) is 10.6 Å². The molecule has 0 atom stereocenters. The van der Waals surface area contributed by atoms with E-state index in [9.17, 15) is 21.6 Å². The quantitative estimate of drug-likeness (QED) is 0.499. The van der Waals surface area contributed by atoms with Crippen LogP contribution in [0.1, 0.15) is 19.4 Å². The molecular weight excluding hydrogens is 428 g/mol. The van der Waals surface area contributed by atoms with Crippen LogP contribution in [-0.2, 0) is 25.0 Å². The molecule has 0 saturated heterocycles. The molecule has 9 nitrogen and oxygen atoms in total. The second-order valence-corrected chi connectivity index (χ2v) is 9.44. The first-order valence-electron chi connectivity index (χ1n) is 9.05. The second kappa shape index (κ2) is 9.85. The topological polar surface area (TPSA) is 139 Å². The minimum absolute atomic E-state index is 0.187. The van der Waals surface area contributed by atoms with Crippen molar-refractivity contribution in [3.05, 3.63) is 60.2 Å². The summed E-state index contributed by atoms with van der Waals surface area (Å²) in [6, 6.07) is 12.3. The van der Waals surface area contributed by atoms with Crippen LogP contribution in [0.4, 0.5) is 11.4 Å². The summed E-state index contributed by atoms with van der Waals surface area (Å²) in [7, 11) is -7.45. The number of benzene rings is 2. The highest BCUT2D eigenvalue weighted by Gasteiger charge is 2.20. The van der Waals surface area contributed by atoms with Crippen molar-refractivity contribution in [2.24, 2.45) is 5.14 Å². The van der Waals surface area contributed by atoms with Gasteiger partial charge in [0.25, 0.3) is 10.2 Å². The van der Waals surface area contributed by atoms with Gasteiger partial charge in [-0.3, -0.25) is 9.52 Å². The monoisotopic (exact) mass is 452 g/mol. The fourth-order valence-electron chi connectivity index (χ4n) is 2.64. The summed E-state index contributed by atoms with van der Waals surface area (Å²) in [5.74, 6) is -0.442. The number of nitrogens with two attached hydrogens (primary N) is 1. The Kier molecular flexibility index (Phi) is 7.73. The van der Waals surface area contributed by atoms with Crippen LogP contribution < -0.4 is 15.2 Å². The molecule has 0 spiro atoms. The van der Waals surface area contributed by atoms with Crippen molar-refractivity contribution < 1.29 is 21.6 Å². The van der Waals surface area contributed by atoms with Crippen LogP contribution in [0, 0.1) is 0 Å². The molecule has 0 aliphatic heterocycles. The third-order valence-corrected chi connectivity index (χ3v) is 6.63. The van der Waals surface area contributed by atoms with Gasteiger partial charge in [0.1, 0.15) is 0 Å². The lowest BCUT2D eigenvalue weighted by Crippen LogP contribution is -2.30. The highest BCUT2D eigenvalue weighted by molar-refractivity contribution is 7.90. The number of nitrogens with one attached hydrogen (secondary N) is 2. The van der Waals surface area contributed by atoms with Crippen LogP contribution in [0.15, 0.2) is 59.5 Å². The average molecular weight is 453 g/mol. The molecule has 4 N–H and O–H groups in total. The van der Waals surface area contributed by atoms with Crippen LogP contribution in [0.3, 0.4) is 0 Å². The Morgan fingerprint density at radius 3 is 2.17 bits per heavy atom. The smallest absolute Gasteiger partial charge is 0.296 e. The van der Waals surface area contributed by atoms with Gasteiger partial charge in [-0.2, -0.15) is 12.7 Å². The van der Waals surface area contributed by atoms with Gasteiger partial charge in [0.15, 0.2) is 0 Å². The summed E-state index contributed by atoms with van der Waals surface area (Å²) in [6.07, 6.45) is 2.82. The van der Waals surface area contributed by atoms with Crippen LogP contribution >= 0.6 is 0 Å². The molecule has 162 valence electrons. The maximum absolute atomic E-state index is 12.5. The predicted molar refractivity (Wildman–Crippen MR) is 117 cm³/mol. The molecular formula is C19H24N4O5S2. The van der Waals surface area contributed by atoms with E-state index >= 15 is 0 Å². The molecule has 0 radical (unpaired) electrons. The zero-order chi connectivity index (χ0) is 22.4. The molecule has 0 heterocycles. The Labute approximate surface area is 176 Å². The Hall–Kier alpha value is -2.73. The van der Waals surface area contributed by atoms with Crippen LogP contribution in [0.25, 0.3) is 6.08 Å². The van der Waals surface area contributed by atoms with Gasteiger partial charge < -0.3 is 5.32 Å². The van der Waals surface area contributed by atoms with Gasteiger partial charge in [0.2, 0.25) is 15.9 Å². The molecule has 30 heavy (non-hydrogen) atoms. The highest BCUT2D eigenvalue weighted by Crippen LogP contribution is 2.18. The van der Waals surface area contributed by atoms with E-state index in [4.69, 9.17) is 5.14 Å². The molecule has 2 aromatic carbocycles. The zero-order valence-corrected chi connectivity index (χ0v) is 18.2. The molecule has 0 fully saturated rings. The minimum atomic E-state index is -3.91. The fourth-order valence-corrected chi connectivity index (χ4v) is 4.56. The van der Waals surface area contributed by atoms with Gasteiger partial charge >= 0.3 is 0 Å². The van der Waals surface area contributed by atoms with Crippen LogP contribution in [-0.4, -0.2) is 40.1 Å². The van der Waals surface area contributed by atoms with Gasteiger partial charge in [-0.05, 0) is 42.0 Å². The van der Waals surface area contributed by atoms with Gasteiger partial charge in [0, 0.05) is 24.9 Å². The molecule has 1 amide bonds. The van der Waals surface area contributed by atoms with E-state index in [0.717, 1.165) is 0 Å². The van der Waals surface area contributed by atoms with E-state index in [2.05, 4.69) is 10.0 Å². The highest BCUT2D eigenvalue weighted by atomic mass is 32.2. The normalized spacial score (nSPS) is 12.3. The van der Waals surface area contributed by atoms with Crippen molar-refractivity contribution >= 4 is 43.6 Å². The maximum atomic E-state index is 12.5. The number of nitrogens with zero attached hydrogens (tertiary/aromatic N) is 1. The molecule has 0 bridgehead atoms. The Morgan fingerprint density at radius 1 is 1.00 bits per heavy atom. The van der Waals surface area contributed by atoms with Crippen molar-refractivity contribution in [1.29, 1.82) is 0 Å². The van der Waals surface area contributed by atoms with Crippen LogP contribution in [0.2, 0.25) is 0 Å². The average Bonchev–Trinajstić information content (AvgIpc) is 2.66. The summed E-state index contributed by atoms with van der Waals surface area (Å²) in [4.78, 5) is 12.3.